The number of amides is 1. The van der Waals surface area contributed by atoms with Crippen LogP contribution in [0.4, 0.5) is 0 Å². The first-order chi connectivity index (χ1) is 9.02. The minimum atomic E-state index is -0.867. The van der Waals surface area contributed by atoms with Crippen LogP contribution in [0.5, 0.6) is 0 Å². The van der Waals surface area contributed by atoms with E-state index >= 15 is 0 Å². The first-order valence-electron chi connectivity index (χ1n) is 6.27. The number of benzene rings is 1. The molecule has 0 aliphatic heterocycles. The van der Waals surface area contributed by atoms with Crippen LogP contribution in [0.15, 0.2) is 24.3 Å². The van der Waals surface area contributed by atoms with Gasteiger partial charge in [-0.2, -0.15) is 0 Å². The van der Waals surface area contributed by atoms with Crippen LogP contribution in [-0.4, -0.2) is 23.5 Å². The maximum absolute atomic E-state index is 11.7. The van der Waals surface area contributed by atoms with Crippen LogP contribution in [0.2, 0.25) is 5.02 Å². The molecule has 2 N–H and O–H groups in total. The molecule has 0 radical (unpaired) electrons. The molecule has 0 aromatic heterocycles. The van der Waals surface area contributed by atoms with Gasteiger partial charge in [-0.25, -0.2) is 0 Å². The normalized spacial score (nSPS) is 11.9. The number of aliphatic carboxylic acids is 1. The number of carbonyl (C=O) groups excluding carboxylic acids is 1. The monoisotopic (exact) mass is 283 g/mol. The van der Waals surface area contributed by atoms with Crippen molar-refractivity contribution in [2.24, 2.45) is 5.92 Å². The Balaban J connectivity index is 2.42. The second kappa shape index (κ2) is 7.79. The molecule has 104 valence electrons. The third kappa shape index (κ3) is 5.75. The van der Waals surface area contributed by atoms with E-state index in [2.05, 4.69) is 5.32 Å². The van der Waals surface area contributed by atoms with E-state index in [9.17, 15) is 9.59 Å². The summed E-state index contributed by atoms with van der Waals surface area (Å²) >= 11 is 5.75. The van der Waals surface area contributed by atoms with Gasteiger partial charge < -0.3 is 10.4 Å². The molecule has 0 bridgehead atoms. The summed E-state index contributed by atoms with van der Waals surface area (Å²) in [6.45, 7) is 2.10. The van der Waals surface area contributed by atoms with Crippen molar-refractivity contribution < 1.29 is 14.7 Å². The molecular formula is C14H18ClNO3. The minimum absolute atomic E-state index is 0.176. The first-order valence-corrected chi connectivity index (χ1v) is 6.64. The van der Waals surface area contributed by atoms with Gasteiger partial charge in [0, 0.05) is 11.6 Å². The molecule has 1 rings (SSSR count). The third-order valence-electron chi connectivity index (χ3n) is 2.81. The Morgan fingerprint density at radius 3 is 2.47 bits per heavy atom. The van der Waals surface area contributed by atoms with Crippen LogP contribution in [-0.2, 0) is 16.0 Å². The van der Waals surface area contributed by atoms with E-state index in [1.807, 2.05) is 6.92 Å². The number of carboxylic acids is 1. The Morgan fingerprint density at radius 2 is 1.95 bits per heavy atom. The molecule has 0 spiro atoms. The Morgan fingerprint density at radius 1 is 1.32 bits per heavy atom. The Kier molecular flexibility index (Phi) is 6.36. The lowest BCUT2D eigenvalue weighted by atomic mass is 10.0. The molecule has 4 nitrogen and oxygen atoms in total. The molecular weight excluding hydrogens is 266 g/mol. The summed E-state index contributed by atoms with van der Waals surface area (Å²) in [4.78, 5) is 22.6. The highest BCUT2D eigenvalue weighted by Crippen LogP contribution is 2.10. The number of nitrogens with one attached hydrogen (secondary N) is 1. The number of halogens is 1. The van der Waals surface area contributed by atoms with Crippen molar-refractivity contribution in [2.45, 2.75) is 26.2 Å². The highest BCUT2D eigenvalue weighted by atomic mass is 35.5. The number of carboxylic acid groups (broad SMARTS) is 1. The topological polar surface area (TPSA) is 66.4 Å². The molecule has 5 heteroatoms. The molecule has 1 aromatic rings. The molecule has 1 unspecified atom stereocenters. The second-order valence-corrected chi connectivity index (χ2v) is 4.87. The fourth-order valence-electron chi connectivity index (χ4n) is 1.75. The summed E-state index contributed by atoms with van der Waals surface area (Å²) in [6, 6.07) is 7.01. The average Bonchev–Trinajstić information content (AvgIpc) is 2.37. The lowest BCUT2D eigenvalue weighted by Gasteiger charge is -2.12. The van der Waals surface area contributed by atoms with Gasteiger partial charge in [-0.05, 0) is 24.1 Å². The van der Waals surface area contributed by atoms with E-state index in [0.717, 1.165) is 12.0 Å². The maximum Gasteiger partial charge on any atom is 0.308 e. The van der Waals surface area contributed by atoms with Crippen molar-refractivity contribution in [1.82, 2.24) is 5.32 Å². The molecule has 0 saturated heterocycles. The predicted octanol–water partition coefficient (Wildman–Crippen LogP) is 2.50. The Hall–Kier alpha value is -1.55. The second-order valence-electron chi connectivity index (χ2n) is 4.43. The summed E-state index contributed by atoms with van der Waals surface area (Å²) in [6.07, 6.45) is 1.58. The molecule has 1 aromatic carbocycles. The van der Waals surface area contributed by atoms with Gasteiger partial charge in [0.2, 0.25) is 5.91 Å². The van der Waals surface area contributed by atoms with Crippen LogP contribution in [0.3, 0.4) is 0 Å². The lowest BCUT2D eigenvalue weighted by Crippen LogP contribution is -2.33. The summed E-state index contributed by atoms with van der Waals surface area (Å²) in [7, 11) is 0. The molecule has 1 amide bonds. The molecule has 1 atom stereocenters. The van der Waals surface area contributed by atoms with E-state index in [1.54, 1.807) is 24.3 Å². The summed E-state index contributed by atoms with van der Waals surface area (Å²) in [5.41, 5.74) is 0.851. The van der Waals surface area contributed by atoms with Crippen LogP contribution in [0, 0.1) is 5.92 Å². The van der Waals surface area contributed by atoms with E-state index < -0.39 is 11.9 Å². The fraction of sp³-hybridized carbons (Fsp3) is 0.429. The van der Waals surface area contributed by atoms with Crippen molar-refractivity contribution in [3.63, 3.8) is 0 Å². The van der Waals surface area contributed by atoms with Gasteiger partial charge in [-0.3, -0.25) is 9.59 Å². The van der Waals surface area contributed by atoms with Crippen molar-refractivity contribution in [1.29, 1.82) is 0 Å². The Bertz CT molecular complexity index is 431. The number of carbonyl (C=O) groups is 2. The van der Waals surface area contributed by atoms with Gasteiger partial charge in [0.15, 0.2) is 0 Å². The van der Waals surface area contributed by atoms with Gasteiger partial charge in [0.05, 0.1) is 12.3 Å². The van der Waals surface area contributed by atoms with E-state index in [4.69, 9.17) is 16.7 Å². The van der Waals surface area contributed by atoms with Crippen molar-refractivity contribution in [3.8, 4) is 0 Å². The summed E-state index contributed by atoms with van der Waals surface area (Å²) in [5.74, 6) is -1.56. The quantitative estimate of drug-likeness (QED) is 0.808. The molecule has 0 heterocycles. The Labute approximate surface area is 117 Å². The largest absolute Gasteiger partial charge is 0.481 e. The maximum atomic E-state index is 11.7. The third-order valence-corrected chi connectivity index (χ3v) is 3.06. The minimum Gasteiger partial charge on any atom is -0.481 e. The standard InChI is InChI=1S/C14H18ClNO3/c1-2-3-11(14(18)19)9-16-13(17)8-10-4-6-12(15)7-5-10/h4-7,11H,2-3,8-9H2,1H3,(H,16,17)(H,18,19). The van der Waals surface area contributed by atoms with Gasteiger partial charge in [0.1, 0.15) is 0 Å². The zero-order chi connectivity index (χ0) is 14.3. The highest BCUT2D eigenvalue weighted by molar-refractivity contribution is 6.30. The van der Waals surface area contributed by atoms with Crippen molar-refractivity contribution in [2.75, 3.05) is 6.54 Å². The lowest BCUT2D eigenvalue weighted by molar-refractivity contribution is -0.141. The molecule has 19 heavy (non-hydrogen) atoms. The van der Waals surface area contributed by atoms with Crippen molar-refractivity contribution in [3.05, 3.63) is 34.9 Å². The number of rotatable bonds is 7. The number of hydrogen-bond donors (Lipinski definition) is 2. The molecule has 0 fully saturated rings. The van der Waals surface area contributed by atoms with Gasteiger partial charge in [0.25, 0.3) is 0 Å². The van der Waals surface area contributed by atoms with Crippen LogP contribution in [0.1, 0.15) is 25.3 Å². The van der Waals surface area contributed by atoms with Gasteiger partial charge in [-0.15, -0.1) is 0 Å². The van der Waals surface area contributed by atoms with Gasteiger partial charge >= 0.3 is 5.97 Å². The van der Waals surface area contributed by atoms with E-state index in [0.29, 0.717) is 11.4 Å². The highest BCUT2D eigenvalue weighted by Gasteiger charge is 2.17. The molecule has 0 saturated carbocycles. The summed E-state index contributed by atoms with van der Waals surface area (Å²) < 4.78 is 0. The predicted molar refractivity (Wildman–Crippen MR) is 74.2 cm³/mol. The fourth-order valence-corrected chi connectivity index (χ4v) is 1.87. The number of hydrogen-bond acceptors (Lipinski definition) is 2. The SMILES string of the molecule is CCCC(CNC(=O)Cc1ccc(Cl)cc1)C(=O)O. The van der Waals surface area contributed by atoms with Gasteiger partial charge in [-0.1, -0.05) is 37.1 Å². The van der Waals surface area contributed by atoms with E-state index in [-0.39, 0.29) is 18.9 Å². The molecule has 0 aliphatic carbocycles. The van der Waals surface area contributed by atoms with E-state index in [1.165, 1.54) is 0 Å². The smallest absolute Gasteiger partial charge is 0.308 e. The van der Waals surface area contributed by atoms with Crippen molar-refractivity contribution >= 4 is 23.5 Å². The van der Waals surface area contributed by atoms with Crippen LogP contribution >= 0.6 is 11.6 Å². The average molecular weight is 284 g/mol. The summed E-state index contributed by atoms with van der Waals surface area (Å²) in [5, 5.41) is 12.3. The molecule has 0 aliphatic rings. The first kappa shape index (κ1) is 15.5. The zero-order valence-corrected chi connectivity index (χ0v) is 11.6. The van der Waals surface area contributed by atoms with Crippen LogP contribution in [0.25, 0.3) is 0 Å². The zero-order valence-electron chi connectivity index (χ0n) is 10.9. The van der Waals surface area contributed by atoms with Crippen LogP contribution < -0.4 is 5.32 Å².